The molecule has 0 unspecified atom stereocenters. The summed E-state index contributed by atoms with van der Waals surface area (Å²) in [5, 5.41) is 25.5. The van der Waals surface area contributed by atoms with Gasteiger partial charge in [0, 0.05) is 6.42 Å². The Morgan fingerprint density at radius 1 is 1.33 bits per heavy atom. The standard InChI is InChI=1S/C7H8O5/c1-2-3-4(6(9)10)5(8)7(11)12/h1,4-5,8H,3H2,(H,9,10)(H,11,12)/t4-,5+/m1/s1. The van der Waals surface area contributed by atoms with Crippen LogP contribution in [0.4, 0.5) is 0 Å². The smallest absolute Gasteiger partial charge is 0.333 e. The lowest BCUT2D eigenvalue weighted by atomic mass is 9.99. The number of hydrogen-bond donors (Lipinski definition) is 3. The molecule has 0 fully saturated rings. The summed E-state index contributed by atoms with van der Waals surface area (Å²) in [4.78, 5) is 20.5. The van der Waals surface area contributed by atoms with E-state index in [1.165, 1.54) is 0 Å². The molecular weight excluding hydrogens is 164 g/mol. The van der Waals surface area contributed by atoms with E-state index in [0.717, 1.165) is 0 Å². The van der Waals surface area contributed by atoms with Crippen LogP contribution in [0.3, 0.4) is 0 Å². The zero-order chi connectivity index (χ0) is 9.72. The molecule has 0 aromatic rings. The normalized spacial score (nSPS) is 14.3. The fourth-order valence-electron chi connectivity index (χ4n) is 0.633. The zero-order valence-corrected chi connectivity index (χ0v) is 6.10. The van der Waals surface area contributed by atoms with Crippen LogP contribution in [0.1, 0.15) is 6.42 Å². The highest BCUT2D eigenvalue weighted by atomic mass is 16.4. The van der Waals surface area contributed by atoms with E-state index in [2.05, 4.69) is 0 Å². The van der Waals surface area contributed by atoms with Crippen LogP contribution in [0.25, 0.3) is 0 Å². The van der Waals surface area contributed by atoms with Gasteiger partial charge in [0.1, 0.15) is 5.92 Å². The van der Waals surface area contributed by atoms with Gasteiger partial charge in [-0.2, -0.15) is 0 Å². The third-order valence-electron chi connectivity index (χ3n) is 1.29. The SMILES string of the molecule is C#CC[C@@H](C(=O)O)[C@H](O)C(=O)O. The minimum Gasteiger partial charge on any atom is -0.481 e. The van der Waals surface area contributed by atoms with Crippen LogP contribution in [0, 0.1) is 18.3 Å². The van der Waals surface area contributed by atoms with Crippen molar-refractivity contribution in [2.75, 3.05) is 0 Å². The second kappa shape index (κ2) is 4.36. The molecule has 0 aromatic carbocycles. The highest BCUT2D eigenvalue weighted by Gasteiger charge is 2.30. The molecular formula is C7H8O5. The van der Waals surface area contributed by atoms with Gasteiger partial charge in [-0.3, -0.25) is 4.79 Å². The number of aliphatic carboxylic acids is 2. The second-order valence-corrected chi connectivity index (χ2v) is 2.14. The van der Waals surface area contributed by atoms with Crippen LogP contribution < -0.4 is 0 Å². The highest BCUT2D eigenvalue weighted by Crippen LogP contribution is 2.08. The van der Waals surface area contributed by atoms with Crippen molar-refractivity contribution in [3.05, 3.63) is 0 Å². The van der Waals surface area contributed by atoms with Crippen molar-refractivity contribution in [2.24, 2.45) is 5.92 Å². The van der Waals surface area contributed by atoms with Gasteiger partial charge in [-0.15, -0.1) is 12.3 Å². The summed E-state index contributed by atoms with van der Waals surface area (Å²) in [5.74, 6) is -2.46. The molecule has 0 aromatic heterocycles. The van der Waals surface area contributed by atoms with E-state index in [0.29, 0.717) is 0 Å². The predicted molar refractivity (Wildman–Crippen MR) is 38.2 cm³/mol. The van der Waals surface area contributed by atoms with Crippen molar-refractivity contribution < 1.29 is 24.9 Å². The van der Waals surface area contributed by atoms with Gasteiger partial charge in [-0.05, 0) is 0 Å². The number of carbonyl (C=O) groups is 2. The van der Waals surface area contributed by atoms with E-state index in [1.54, 1.807) is 0 Å². The summed E-state index contributed by atoms with van der Waals surface area (Å²) in [6.07, 6.45) is 2.54. The van der Waals surface area contributed by atoms with Gasteiger partial charge in [0.25, 0.3) is 0 Å². The van der Waals surface area contributed by atoms with Crippen molar-refractivity contribution in [2.45, 2.75) is 12.5 Å². The van der Waals surface area contributed by atoms with Crippen molar-refractivity contribution in [1.82, 2.24) is 0 Å². The molecule has 5 heteroatoms. The number of rotatable bonds is 4. The Morgan fingerprint density at radius 2 is 1.83 bits per heavy atom. The summed E-state index contributed by atoms with van der Waals surface area (Å²) in [7, 11) is 0. The van der Waals surface area contributed by atoms with Crippen molar-refractivity contribution in [3.63, 3.8) is 0 Å². The average Bonchev–Trinajstić information content (AvgIpc) is 1.98. The summed E-state index contributed by atoms with van der Waals surface area (Å²) >= 11 is 0. The first-order valence-corrected chi connectivity index (χ1v) is 3.07. The third-order valence-corrected chi connectivity index (χ3v) is 1.29. The fourth-order valence-corrected chi connectivity index (χ4v) is 0.633. The van der Waals surface area contributed by atoms with Gasteiger partial charge >= 0.3 is 11.9 Å². The van der Waals surface area contributed by atoms with Gasteiger partial charge in [0.05, 0.1) is 0 Å². The summed E-state index contributed by atoms with van der Waals surface area (Å²) in [6.45, 7) is 0. The Kier molecular flexibility index (Phi) is 3.80. The van der Waals surface area contributed by atoms with Gasteiger partial charge in [-0.25, -0.2) is 4.79 Å². The maximum atomic E-state index is 10.3. The molecule has 0 rings (SSSR count). The molecule has 0 amide bonds. The molecule has 3 N–H and O–H groups in total. The molecule has 0 bridgehead atoms. The minimum atomic E-state index is -1.95. The summed E-state index contributed by atoms with van der Waals surface area (Å²) in [5.41, 5.74) is 0. The Hall–Kier alpha value is -1.54. The van der Waals surface area contributed by atoms with Crippen LogP contribution in [-0.4, -0.2) is 33.4 Å². The molecule has 0 spiro atoms. The molecule has 0 radical (unpaired) electrons. The third kappa shape index (κ3) is 2.60. The van der Waals surface area contributed by atoms with Crippen LogP contribution in [0.5, 0.6) is 0 Å². The van der Waals surface area contributed by atoms with E-state index < -0.39 is 24.0 Å². The quantitative estimate of drug-likeness (QED) is 0.480. The lowest BCUT2D eigenvalue weighted by Crippen LogP contribution is -2.34. The second-order valence-electron chi connectivity index (χ2n) is 2.14. The zero-order valence-electron chi connectivity index (χ0n) is 6.10. The molecule has 0 heterocycles. The van der Waals surface area contributed by atoms with E-state index in [4.69, 9.17) is 21.7 Å². The molecule has 0 saturated heterocycles. The van der Waals surface area contributed by atoms with Crippen molar-refractivity contribution >= 4 is 11.9 Å². The first-order valence-electron chi connectivity index (χ1n) is 3.07. The maximum absolute atomic E-state index is 10.3. The highest BCUT2D eigenvalue weighted by molar-refractivity contribution is 5.81. The monoisotopic (exact) mass is 172 g/mol. The number of terminal acetylenes is 1. The van der Waals surface area contributed by atoms with Crippen LogP contribution in [0.2, 0.25) is 0 Å². The molecule has 12 heavy (non-hydrogen) atoms. The van der Waals surface area contributed by atoms with Crippen molar-refractivity contribution in [1.29, 1.82) is 0 Å². The summed E-state index contributed by atoms with van der Waals surface area (Å²) < 4.78 is 0. The van der Waals surface area contributed by atoms with Crippen molar-refractivity contribution in [3.8, 4) is 12.3 Å². The van der Waals surface area contributed by atoms with E-state index in [1.807, 2.05) is 5.92 Å². The minimum absolute atomic E-state index is 0.303. The first-order chi connectivity index (χ1) is 5.50. The first kappa shape index (κ1) is 10.5. The molecule has 0 aliphatic carbocycles. The van der Waals surface area contributed by atoms with Crippen LogP contribution >= 0.6 is 0 Å². The van der Waals surface area contributed by atoms with Gasteiger partial charge in [0.2, 0.25) is 0 Å². The summed E-state index contributed by atoms with van der Waals surface area (Å²) in [6, 6.07) is 0. The number of aliphatic hydroxyl groups is 1. The van der Waals surface area contributed by atoms with E-state index in [-0.39, 0.29) is 6.42 Å². The molecule has 66 valence electrons. The molecule has 5 nitrogen and oxygen atoms in total. The van der Waals surface area contributed by atoms with Crippen LogP contribution in [-0.2, 0) is 9.59 Å². The van der Waals surface area contributed by atoms with Gasteiger partial charge < -0.3 is 15.3 Å². The number of aliphatic hydroxyl groups excluding tert-OH is 1. The number of carboxylic acid groups (broad SMARTS) is 2. The number of carboxylic acids is 2. The largest absolute Gasteiger partial charge is 0.481 e. The molecule has 0 aliphatic rings. The molecule has 0 aliphatic heterocycles. The topological polar surface area (TPSA) is 94.8 Å². The van der Waals surface area contributed by atoms with E-state index in [9.17, 15) is 9.59 Å². The van der Waals surface area contributed by atoms with Crippen LogP contribution in [0.15, 0.2) is 0 Å². The molecule has 2 atom stereocenters. The lowest BCUT2D eigenvalue weighted by molar-refractivity contribution is -0.159. The number of hydrogen-bond acceptors (Lipinski definition) is 3. The fraction of sp³-hybridized carbons (Fsp3) is 0.429. The Balaban J connectivity index is 4.42. The van der Waals surface area contributed by atoms with Gasteiger partial charge in [-0.1, -0.05) is 0 Å². The Bertz CT molecular complexity index is 226. The Labute approximate surface area is 68.6 Å². The van der Waals surface area contributed by atoms with Gasteiger partial charge in [0.15, 0.2) is 6.10 Å². The Morgan fingerprint density at radius 3 is 2.08 bits per heavy atom. The predicted octanol–water partition coefficient (Wildman–Crippen LogP) is -0.844. The van der Waals surface area contributed by atoms with E-state index >= 15 is 0 Å². The average molecular weight is 172 g/mol. The maximum Gasteiger partial charge on any atom is 0.333 e. The molecule has 0 saturated carbocycles. The lowest BCUT2D eigenvalue weighted by Gasteiger charge is -2.11.